The van der Waals surface area contributed by atoms with E-state index in [1.165, 1.54) is 22.3 Å². The van der Waals surface area contributed by atoms with Gasteiger partial charge in [0.1, 0.15) is 0 Å². The zero-order valence-electron chi connectivity index (χ0n) is 12.1. The second-order valence-electron chi connectivity index (χ2n) is 5.24. The monoisotopic (exact) mass is 455 g/mol. The van der Waals surface area contributed by atoms with Crippen LogP contribution in [0.15, 0.2) is 72.8 Å². The first-order valence-corrected chi connectivity index (χ1v) is 7.43. The van der Waals surface area contributed by atoms with E-state index in [1.54, 1.807) is 0 Å². The van der Waals surface area contributed by atoms with Crippen LogP contribution < -0.4 is 0 Å². The molecule has 1 heteroatoms. The molecule has 0 nitrogen and oxygen atoms in total. The average Bonchev–Trinajstić information content (AvgIpc) is 2.49. The van der Waals surface area contributed by atoms with E-state index in [2.05, 4.69) is 72.8 Å². The van der Waals surface area contributed by atoms with E-state index >= 15 is 0 Å². The summed E-state index contributed by atoms with van der Waals surface area (Å²) in [4.78, 5) is 0. The van der Waals surface area contributed by atoms with Gasteiger partial charge in [0.15, 0.2) is 0 Å². The number of benzene rings is 2. The van der Waals surface area contributed by atoms with Gasteiger partial charge in [0.25, 0.3) is 0 Å². The van der Waals surface area contributed by atoms with Gasteiger partial charge in [-0.05, 0) is 48.0 Å². The smallest absolute Gasteiger partial charge is 0.0882 e. The summed E-state index contributed by atoms with van der Waals surface area (Å²) in [7, 11) is 0. The molecule has 0 aromatic heterocycles. The molecule has 0 amide bonds. The van der Waals surface area contributed by atoms with Crippen molar-refractivity contribution in [3.63, 3.8) is 0 Å². The van der Waals surface area contributed by atoms with Crippen LogP contribution in [0.4, 0.5) is 0 Å². The largest absolute Gasteiger partial charge is 2.00 e. The molecule has 0 spiro atoms. The topological polar surface area (TPSA) is 0 Å². The van der Waals surface area contributed by atoms with Gasteiger partial charge in [-0.2, -0.15) is 0 Å². The minimum Gasteiger partial charge on any atom is -0.0882 e. The van der Waals surface area contributed by atoms with E-state index in [0.29, 0.717) is 0 Å². The van der Waals surface area contributed by atoms with Crippen molar-refractivity contribution in [2.24, 2.45) is 0 Å². The van der Waals surface area contributed by atoms with Crippen molar-refractivity contribution < 1.29 is 21.1 Å². The van der Waals surface area contributed by atoms with Gasteiger partial charge in [-0.25, -0.2) is 0 Å². The first-order valence-electron chi connectivity index (χ1n) is 7.43. The van der Waals surface area contributed by atoms with Crippen LogP contribution in [0.25, 0.3) is 11.1 Å². The summed E-state index contributed by atoms with van der Waals surface area (Å²) in [6.45, 7) is 0. The standard InChI is InChI=1S/C20H20.Pt/c1-2-10-16-20(18-13-7-4-8-14-18)19(15-9-1)17-11-5-3-6-12-17;/h1-8,11-14H,9-10,15-16H2;/q;+2/b2-1-,20-19-;. The van der Waals surface area contributed by atoms with E-state index in [-0.39, 0.29) is 21.1 Å². The Bertz CT molecular complexity index is 553. The van der Waals surface area contributed by atoms with Crippen molar-refractivity contribution in [2.45, 2.75) is 25.7 Å². The van der Waals surface area contributed by atoms with E-state index < -0.39 is 0 Å². The maximum absolute atomic E-state index is 2.32. The normalized spacial score (nSPS) is 20.0. The Kier molecular flexibility index (Phi) is 6.20. The summed E-state index contributed by atoms with van der Waals surface area (Å²) in [6.07, 6.45) is 9.19. The average molecular weight is 455 g/mol. The predicted molar refractivity (Wildman–Crippen MR) is 87.3 cm³/mol. The predicted octanol–water partition coefficient (Wildman–Crippen LogP) is 5.73. The molecular formula is C20H20Pt+2. The Morgan fingerprint density at radius 3 is 1.29 bits per heavy atom. The summed E-state index contributed by atoms with van der Waals surface area (Å²) in [5.74, 6) is 0. The molecule has 0 fully saturated rings. The number of hydrogen-bond donors (Lipinski definition) is 0. The van der Waals surface area contributed by atoms with Crippen LogP contribution in [-0.4, -0.2) is 0 Å². The second-order valence-corrected chi connectivity index (χ2v) is 5.24. The van der Waals surface area contributed by atoms with E-state index in [9.17, 15) is 0 Å². The molecule has 0 N–H and O–H groups in total. The van der Waals surface area contributed by atoms with Crippen molar-refractivity contribution in [1.82, 2.24) is 0 Å². The first-order chi connectivity index (χ1) is 9.95. The maximum Gasteiger partial charge on any atom is 2.00 e. The SMILES string of the molecule is C1=C\CC/C(c2ccccc2)=C(/c2ccccc2)CC/1.[Pt+2]. The molecule has 0 radical (unpaired) electrons. The second kappa shape index (κ2) is 8.15. The molecule has 0 saturated heterocycles. The fourth-order valence-corrected chi connectivity index (χ4v) is 2.91. The summed E-state index contributed by atoms with van der Waals surface area (Å²) < 4.78 is 0. The molecule has 2 aromatic rings. The quantitative estimate of drug-likeness (QED) is 0.508. The molecule has 1 aliphatic rings. The third-order valence-electron chi connectivity index (χ3n) is 3.90. The molecule has 0 aliphatic heterocycles. The maximum atomic E-state index is 2.32. The third kappa shape index (κ3) is 4.05. The van der Waals surface area contributed by atoms with Crippen molar-refractivity contribution in [3.8, 4) is 0 Å². The number of rotatable bonds is 2. The number of allylic oxidation sites excluding steroid dienone is 4. The first kappa shape index (κ1) is 16.0. The van der Waals surface area contributed by atoms with Crippen LogP contribution >= 0.6 is 0 Å². The molecule has 2 aromatic carbocycles. The summed E-state index contributed by atoms with van der Waals surface area (Å²) in [5.41, 5.74) is 5.78. The molecule has 1 aliphatic carbocycles. The Hall–Kier alpha value is -1.39. The Morgan fingerprint density at radius 1 is 0.524 bits per heavy atom. The van der Waals surface area contributed by atoms with Crippen LogP contribution in [-0.2, 0) is 21.1 Å². The van der Waals surface area contributed by atoms with E-state index in [0.717, 1.165) is 25.7 Å². The molecule has 0 saturated carbocycles. The zero-order chi connectivity index (χ0) is 13.6. The van der Waals surface area contributed by atoms with Gasteiger partial charge in [-0.1, -0.05) is 72.8 Å². The molecule has 21 heavy (non-hydrogen) atoms. The van der Waals surface area contributed by atoms with Crippen LogP contribution in [0.3, 0.4) is 0 Å². The summed E-state index contributed by atoms with van der Waals surface area (Å²) in [6, 6.07) is 21.7. The van der Waals surface area contributed by atoms with E-state index in [4.69, 9.17) is 0 Å². The number of hydrogen-bond acceptors (Lipinski definition) is 0. The minimum absolute atomic E-state index is 0. The van der Waals surface area contributed by atoms with Gasteiger partial charge >= 0.3 is 21.1 Å². The fourth-order valence-electron chi connectivity index (χ4n) is 2.91. The summed E-state index contributed by atoms with van der Waals surface area (Å²) >= 11 is 0. The Labute approximate surface area is 141 Å². The van der Waals surface area contributed by atoms with Gasteiger partial charge in [0, 0.05) is 0 Å². The molecule has 0 unspecified atom stereocenters. The van der Waals surface area contributed by atoms with Gasteiger partial charge in [0.05, 0.1) is 0 Å². The van der Waals surface area contributed by atoms with Gasteiger partial charge in [-0.15, -0.1) is 0 Å². The van der Waals surface area contributed by atoms with Crippen molar-refractivity contribution in [3.05, 3.63) is 83.9 Å². The molecule has 0 heterocycles. The third-order valence-corrected chi connectivity index (χ3v) is 3.90. The fraction of sp³-hybridized carbons (Fsp3) is 0.200. The van der Waals surface area contributed by atoms with E-state index in [1.807, 2.05) is 0 Å². The Morgan fingerprint density at radius 2 is 0.905 bits per heavy atom. The minimum atomic E-state index is 0. The Balaban J connectivity index is 0.00000161. The molecular weight excluding hydrogens is 435 g/mol. The summed E-state index contributed by atoms with van der Waals surface area (Å²) in [5, 5.41) is 0. The van der Waals surface area contributed by atoms with Gasteiger partial charge in [0.2, 0.25) is 0 Å². The van der Waals surface area contributed by atoms with Crippen LogP contribution in [0, 0.1) is 0 Å². The zero-order valence-corrected chi connectivity index (χ0v) is 14.3. The van der Waals surface area contributed by atoms with Crippen molar-refractivity contribution >= 4 is 11.1 Å². The molecule has 108 valence electrons. The molecule has 0 bridgehead atoms. The van der Waals surface area contributed by atoms with Crippen molar-refractivity contribution in [1.29, 1.82) is 0 Å². The molecule has 3 rings (SSSR count). The van der Waals surface area contributed by atoms with Crippen molar-refractivity contribution in [2.75, 3.05) is 0 Å². The van der Waals surface area contributed by atoms with Gasteiger partial charge < -0.3 is 0 Å². The molecule has 0 atom stereocenters. The van der Waals surface area contributed by atoms with Crippen LogP contribution in [0.5, 0.6) is 0 Å². The van der Waals surface area contributed by atoms with Gasteiger partial charge in [-0.3, -0.25) is 0 Å². The van der Waals surface area contributed by atoms with Crippen LogP contribution in [0.2, 0.25) is 0 Å². The van der Waals surface area contributed by atoms with Crippen LogP contribution in [0.1, 0.15) is 36.8 Å².